The van der Waals surface area contributed by atoms with Crippen molar-refractivity contribution < 1.29 is 39.6 Å². The first-order valence-electron chi connectivity index (χ1n) is 18.9. The van der Waals surface area contributed by atoms with Crippen LogP contribution in [-0.2, 0) is 19.2 Å². The Morgan fingerprint density at radius 2 is 0.617 bits per heavy atom. The second-order valence-electron chi connectivity index (χ2n) is 13.6. The first-order chi connectivity index (χ1) is 28.4. The van der Waals surface area contributed by atoms with Gasteiger partial charge in [-0.05, 0) is 135 Å². The maximum atomic E-state index is 10.8. The molecule has 12 nitrogen and oxygen atoms in total. The van der Waals surface area contributed by atoms with Crippen molar-refractivity contribution in [3.63, 3.8) is 0 Å². The minimum atomic E-state index is -1.11. The molecule has 0 saturated carbocycles. The predicted molar refractivity (Wildman–Crippen MR) is 233 cm³/mol. The molecule has 2 atom stereocenters. The number of carboxylic acid groups (broad SMARTS) is 4. The second kappa shape index (κ2) is 28.3. The van der Waals surface area contributed by atoms with Crippen LogP contribution in [0.3, 0.4) is 0 Å². The highest BCUT2D eigenvalue weighted by Gasteiger charge is 2.23. The van der Waals surface area contributed by atoms with Gasteiger partial charge in [0.25, 0.3) is 0 Å². The normalized spacial score (nSPS) is 10.5. The Kier molecular flexibility index (Phi) is 24.1. The highest BCUT2D eigenvalue weighted by atomic mass is 16.4. The molecule has 2 aromatic carbocycles. The van der Waals surface area contributed by atoms with Crippen LogP contribution >= 0.6 is 0 Å². The summed E-state index contributed by atoms with van der Waals surface area (Å²) in [6.45, 7) is 16.6. The SMILES string of the molecule is Cc1ccncc1C.Cc1ccncc1C.Cc1ccncc1C.Cc1ccncc1C.O=C(O)C[C@H](C(=O)O)c1ccccc1.O=C(O)C[C@H](C(=O)O)c1ccccc1. The molecule has 0 aliphatic heterocycles. The summed E-state index contributed by atoms with van der Waals surface area (Å²) < 4.78 is 0. The average molecular weight is 817 g/mol. The van der Waals surface area contributed by atoms with E-state index in [1.807, 2.05) is 73.8 Å². The predicted octanol–water partition coefficient (Wildman–Crippen LogP) is 9.45. The number of rotatable bonds is 8. The van der Waals surface area contributed by atoms with E-state index in [9.17, 15) is 19.2 Å². The third kappa shape index (κ3) is 21.4. The van der Waals surface area contributed by atoms with Crippen LogP contribution in [0.2, 0.25) is 0 Å². The molecule has 6 rings (SSSR count). The van der Waals surface area contributed by atoms with Crippen LogP contribution in [-0.4, -0.2) is 64.2 Å². The van der Waals surface area contributed by atoms with E-state index >= 15 is 0 Å². The van der Waals surface area contributed by atoms with Crippen molar-refractivity contribution in [1.29, 1.82) is 0 Å². The fourth-order valence-electron chi connectivity index (χ4n) is 4.59. The van der Waals surface area contributed by atoms with E-state index in [-0.39, 0.29) is 12.8 Å². The summed E-state index contributed by atoms with van der Waals surface area (Å²) in [6.07, 6.45) is 13.9. The van der Waals surface area contributed by atoms with Gasteiger partial charge in [-0.25, -0.2) is 0 Å². The number of aliphatic carboxylic acids is 4. The lowest BCUT2D eigenvalue weighted by Gasteiger charge is -2.09. The molecular weight excluding hydrogens is 761 g/mol. The zero-order chi connectivity index (χ0) is 45.0. The van der Waals surface area contributed by atoms with E-state index in [4.69, 9.17) is 20.4 Å². The number of carboxylic acids is 4. The number of aromatic nitrogens is 4. The van der Waals surface area contributed by atoms with Gasteiger partial charge in [-0.15, -0.1) is 0 Å². The van der Waals surface area contributed by atoms with Gasteiger partial charge in [0.2, 0.25) is 0 Å². The van der Waals surface area contributed by atoms with Crippen LogP contribution in [0.25, 0.3) is 0 Å². The zero-order valence-electron chi connectivity index (χ0n) is 35.5. The number of pyridine rings is 4. The Morgan fingerprint density at radius 1 is 0.383 bits per heavy atom. The number of aryl methyl sites for hydroxylation is 8. The molecule has 316 valence electrons. The molecule has 6 aromatic rings. The number of benzene rings is 2. The fraction of sp³-hybridized carbons (Fsp3) is 0.250. The molecule has 0 saturated heterocycles. The van der Waals surface area contributed by atoms with Crippen molar-refractivity contribution in [2.24, 2.45) is 0 Å². The lowest BCUT2D eigenvalue weighted by atomic mass is 9.96. The van der Waals surface area contributed by atoms with Gasteiger partial charge in [0.15, 0.2) is 0 Å². The first kappa shape index (κ1) is 50.9. The van der Waals surface area contributed by atoms with Crippen LogP contribution in [0.1, 0.15) is 80.3 Å². The number of carbonyl (C=O) groups is 4. The Hall–Kier alpha value is -7.08. The Morgan fingerprint density at radius 3 is 0.767 bits per heavy atom. The van der Waals surface area contributed by atoms with Gasteiger partial charge in [0, 0.05) is 49.6 Å². The van der Waals surface area contributed by atoms with Crippen molar-refractivity contribution in [3.05, 3.63) is 190 Å². The molecule has 0 radical (unpaired) electrons. The van der Waals surface area contributed by atoms with Gasteiger partial charge in [0.05, 0.1) is 24.7 Å². The molecule has 60 heavy (non-hydrogen) atoms. The second-order valence-corrected chi connectivity index (χ2v) is 13.6. The molecule has 0 bridgehead atoms. The highest BCUT2D eigenvalue weighted by Crippen LogP contribution is 2.20. The molecule has 0 aliphatic rings. The topological polar surface area (TPSA) is 201 Å². The number of nitrogens with zero attached hydrogens (tertiary/aromatic N) is 4. The van der Waals surface area contributed by atoms with E-state index in [2.05, 4.69) is 75.3 Å². The Balaban J connectivity index is 0.000000367. The Labute approximate surface area is 352 Å². The van der Waals surface area contributed by atoms with Crippen molar-refractivity contribution in [1.82, 2.24) is 19.9 Å². The average Bonchev–Trinajstić information content (AvgIpc) is 3.22. The van der Waals surface area contributed by atoms with Gasteiger partial charge in [-0.2, -0.15) is 0 Å². The standard InChI is InChI=1S/2C10H10O4.4C7H9N/c2*11-9(12)6-8(10(13)14)7-4-2-1-3-5-7;4*1-6-3-4-8-5-7(6)2/h2*1-5,8H,6H2,(H,11,12)(H,13,14);4*3-5H,1-2H3/t2*8-;;;;/m00..../s1. The van der Waals surface area contributed by atoms with Crippen LogP contribution in [0, 0.1) is 55.4 Å². The third-order valence-corrected chi connectivity index (χ3v) is 8.96. The molecule has 0 spiro atoms. The zero-order valence-corrected chi connectivity index (χ0v) is 35.5. The maximum Gasteiger partial charge on any atom is 0.311 e. The molecular formula is C48H56N4O8. The van der Waals surface area contributed by atoms with Crippen LogP contribution in [0.5, 0.6) is 0 Å². The van der Waals surface area contributed by atoms with E-state index in [0.717, 1.165) is 0 Å². The monoisotopic (exact) mass is 816 g/mol. The number of hydrogen-bond donors (Lipinski definition) is 4. The third-order valence-electron chi connectivity index (χ3n) is 8.96. The first-order valence-corrected chi connectivity index (χ1v) is 18.9. The van der Waals surface area contributed by atoms with Gasteiger partial charge >= 0.3 is 23.9 Å². The largest absolute Gasteiger partial charge is 0.481 e. The summed E-state index contributed by atoms with van der Waals surface area (Å²) in [5, 5.41) is 34.7. The minimum Gasteiger partial charge on any atom is -0.481 e. The summed E-state index contributed by atoms with van der Waals surface area (Å²) in [6, 6.07) is 24.7. The summed E-state index contributed by atoms with van der Waals surface area (Å²) >= 11 is 0. The van der Waals surface area contributed by atoms with E-state index in [1.165, 1.54) is 44.5 Å². The molecule has 0 unspecified atom stereocenters. The van der Waals surface area contributed by atoms with Crippen LogP contribution < -0.4 is 0 Å². The van der Waals surface area contributed by atoms with E-state index < -0.39 is 35.7 Å². The smallest absolute Gasteiger partial charge is 0.311 e. The molecule has 4 N–H and O–H groups in total. The summed E-state index contributed by atoms with van der Waals surface area (Å²) in [5.74, 6) is -6.37. The summed E-state index contributed by atoms with van der Waals surface area (Å²) in [7, 11) is 0. The van der Waals surface area contributed by atoms with Crippen molar-refractivity contribution in [3.8, 4) is 0 Å². The fourth-order valence-corrected chi connectivity index (χ4v) is 4.59. The van der Waals surface area contributed by atoms with E-state index in [0.29, 0.717) is 11.1 Å². The van der Waals surface area contributed by atoms with Gasteiger partial charge in [-0.3, -0.25) is 39.1 Å². The molecule has 4 aromatic heterocycles. The maximum absolute atomic E-state index is 10.8. The van der Waals surface area contributed by atoms with Gasteiger partial charge in [0.1, 0.15) is 0 Å². The molecule has 4 heterocycles. The lowest BCUT2D eigenvalue weighted by Crippen LogP contribution is -2.15. The lowest BCUT2D eigenvalue weighted by molar-refractivity contribution is -0.145. The summed E-state index contributed by atoms with van der Waals surface area (Å²) in [4.78, 5) is 58.2. The molecule has 0 fully saturated rings. The molecule has 0 aliphatic carbocycles. The van der Waals surface area contributed by atoms with Crippen LogP contribution in [0.4, 0.5) is 0 Å². The van der Waals surface area contributed by atoms with E-state index in [1.54, 1.807) is 60.7 Å². The Bertz CT molecular complexity index is 1870. The highest BCUT2D eigenvalue weighted by molar-refractivity contribution is 5.83. The molecule has 0 amide bonds. The quantitative estimate of drug-likeness (QED) is 0.114. The number of hydrogen-bond acceptors (Lipinski definition) is 8. The van der Waals surface area contributed by atoms with Crippen molar-refractivity contribution in [2.45, 2.75) is 80.1 Å². The molecule has 12 heteroatoms. The van der Waals surface area contributed by atoms with Gasteiger partial charge in [-0.1, -0.05) is 60.7 Å². The van der Waals surface area contributed by atoms with Crippen molar-refractivity contribution in [2.75, 3.05) is 0 Å². The summed E-state index contributed by atoms with van der Waals surface area (Å²) in [5.41, 5.74) is 11.3. The van der Waals surface area contributed by atoms with Crippen molar-refractivity contribution >= 4 is 23.9 Å². The van der Waals surface area contributed by atoms with Crippen LogP contribution in [0.15, 0.2) is 135 Å². The van der Waals surface area contributed by atoms with Gasteiger partial charge < -0.3 is 20.4 Å². The minimum absolute atomic E-state index is 0.390.